The van der Waals surface area contributed by atoms with Crippen LogP contribution in [-0.4, -0.2) is 18.8 Å². The lowest BCUT2D eigenvalue weighted by Gasteiger charge is -2.06. The number of hydrogen-bond acceptors (Lipinski definition) is 2. The molecule has 0 atom stereocenters. The zero-order valence-electron chi connectivity index (χ0n) is 9.33. The van der Waals surface area contributed by atoms with Gasteiger partial charge in [-0.05, 0) is 25.1 Å². The van der Waals surface area contributed by atoms with Crippen LogP contribution in [0.2, 0.25) is 0 Å². The van der Waals surface area contributed by atoms with E-state index in [1.54, 1.807) is 0 Å². The summed E-state index contributed by atoms with van der Waals surface area (Å²) in [6.07, 6.45) is 1.18. The highest BCUT2D eigenvalue weighted by molar-refractivity contribution is 7.99. The Morgan fingerprint density at radius 2 is 2.07 bits per heavy atom. The summed E-state index contributed by atoms with van der Waals surface area (Å²) in [4.78, 5) is 1.31. The van der Waals surface area contributed by atoms with Gasteiger partial charge >= 0.3 is 0 Å². The van der Waals surface area contributed by atoms with Crippen LogP contribution in [0.4, 0.5) is 0 Å². The molecule has 0 aromatic heterocycles. The Morgan fingerprint density at radius 3 is 2.73 bits per heavy atom. The number of thioether (sulfide) groups is 1. The van der Waals surface area contributed by atoms with Crippen molar-refractivity contribution in [1.29, 1.82) is 0 Å². The van der Waals surface area contributed by atoms with E-state index in [1.165, 1.54) is 16.9 Å². The first-order chi connectivity index (χ1) is 7.33. The summed E-state index contributed by atoms with van der Waals surface area (Å²) in [5.41, 5.74) is 1.26. The Kier molecular flexibility index (Phi) is 6.21. The second-order valence-corrected chi connectivity index (χ2v) is 4.58. The zero-order valence-corrected chi connectivity index (χ0v) is 10.1. The predicted octanol–water partition coefficient (Wildman–Crippen LogP) is 3.33. The molecule has 0 saturated carbocycles. The van der Waals surface area contributed by atoms with E-state index in [-0.39, 0.29) is 0 Å². The molecule has 0 heterocycles. The largest absolute Gasteiger partial charge is 0.313 e. The molecule has 0 aliphatic rings. The molecule has 0 aliphatic carbocycles. The van der Waals surface area contributed by atoms with E-state index in [9.17, 15) is 0 Å². The van der Waals surface area contributed by atoms with Crippen molar-refractivity contribution in [3.05, 3.63) is 42.5 Å². The Bertz CT molecular complexity index is 282. The Balaban J connectivity index is 2.17. The molecule has 0 spiro atoms. The average molecular weight is 221 g/mol. The maximum absolute atomic E-state index is 4.06. The molecule has 0 aliphatic heterocycles. The molecule has 1 aromatic carbocycles. The standard InChI is InChI=1S/C13H19NS/c1-3-9-14-10-12(2)11-15-13-7-5-4-6-8-13/h4-8,14H,2-3,9-11H2,1H3. The summed E-state index contributed by atoms with van der Waals surface area (Å²) in [6.45, 7) is 8.25. The topological polar surface area (TPSA) is 12.0 Å². The van der Waals surface area contributed by atoms with Crippen molar-refractivity contribution < 1.29 is 0 Å². The van der Waals surface area contributed by atoms with E-state index < -0.39 is 0 Å². The molecule has 0 fully saturated rings. The van der Waals surface area contributed by atoms with E-state index in [0.29, 0.717) is 0 Å². The highest BCUT2D eigenvalue weighted by Gasteiger charge is 1.96. The van der Waals surface area contributed by atoms with E-state index in [4.69, 9.17) is 0 Å². The van der Waals surface area contributed by atoms with E-state index >= 15 is 0 Å². The van der Waals surface area contributed by atoms with Gasteiger partial charge in [0.15, 0.2) is 0 Å². The van der Waals surface area contributed by atoms with Crippen LogP contribution in [-0.2, 0) is 0 Å². The summed E-state index contributed by atoms with van der Waals surface area (Å²) in [6, 6.07) is 10.5. The summed E-state index contributed by atoms with van der Waals surface area (Å²) in [5.74, 6) is 1.00. The highest BCUT2D eigenvalue weighted by Crippen LogP contribution is 2.18. The molecule has 2 heteroatoms. The average Bonchev–Trinajstić information content (AvgIpc) is 2.28. The third kappa shape index (κ3) is 5.65. The molecule has 1 aromatic rings. The fourth-order valence-electron chi connectivity index (χ4n) is 1.20. The maximum Gasteiger partial charge on any atom is 0.0200 e. The van der Waals surface area contributed by atoms with Gasteiger partial charge in [-0.1, -0.05) is 37.3 Å². The lowest BCUT2D eigenvalue weighted by molar-refractivity contribution is 0.716. The van der Waals surface area contributed by atoms with E-state index in [2.05, 4.69) is 43.1 Å². The molecule has 1 nitrogen and oxygen atoms in total. The van der Waals surface area contributed by atoms with Crippen molar-refractivity contribution in [2.45, 2.75) is 18.2 Å². The van der Waals surface area contributed by atoms with Crippen LogP contribution < -0.4 is 5.32 Å². The normalized spacial score (nSPS) is 10.2. The fraction of sp³-hybridized carbons (Fsp3) is 0.385. The van der Waals surface area contributed by atoms with Crippen molar-refractivity contribution in [3.63, 3.8) is 0 Å². The van der Waals surface area contributed by atoms with Gasteiger partial charge in [-0.3, -0.25) is 0 Å². The monoisotopic (exact) mass is 221 g/mol. The predicted molar refractivity (Wildman–Crippen MR) is 69.5 cm³/mol. The van der Waals surface area contributed by atoms with Crippen LogP contribution in [0.15, 0.2) is 47.4 Å². The number of nitrogens with one attached hydrogen (secondary N) is 1. The maximum atomic E-state index is 4.06. The third-order valence-corrected chi connectivity index (χ3v) is 3.15. The highest BCUT2D eigenvalue weighted by atomic mass is 32.2. The van der Waals surface area contributed by atoms with Gasteiger partial charge in [-0.2, -0.15) is 0 Å². The van der Waals surface area contributed by atoms with Crippen LogP contribution in [0.3, 0.4) is 0 Å². The second-order valence-electron chi connectivity index (χ2n) is 3.53. The number of hydrogen-bond donors (Lipinski definition) is 1. The molecule has 1 N–H and O–H groups in total. The Morgan fingerprint density at radius 1 is 1.33 bits per heavy atom. The molecule has 0 saturated heterocycles. The summed E-state index contributed by atoms with van der Waals surface area (Å²) in [5, 5.41) is 3.36. The van der Waals surface area contributed by atoms with Gasteiger partial charge in [0.1, 0.15) is 0 Å². The summed E-state index contributed by atoms with van der Waals surface area (Å²) >= 11 is 1.85. The Hall–Kier alpha value is -0.730. The second kappa shape index (κ2) is 7.55. The molecule has 0 radical (unpaired) electrons. The zero-order chi connectivity index (χ0) is 10.9. The van der Waals surface area contributed by atoms with Crippen LogP contribution in [0.5, 0.6) is 0 Å². The van der Waals surface area contributed by atoms with Crippen molar-refractivity contribution >= 4 is 11.8 Å². The van der Waals surface area contributed by atoms with Gasteiger partial charge in [0.25, 0.3) is 0 Å². The molecule has 0 amide bonds. The molecule has 1 rings (SSSR count). The summed E-state index contributed by atoms with van der Waals surface area (Å²) < 4.78 is 0. The molecular formula is C13H19NS. The smallest absolute Gasteiger partial charge is 0.0200 e. The first-order valence-corrected chi connectivity index (χ1v) is 6.36. The van der Waals surface area contributed by atoms with Gasteiger partial charge in [-0.25, -0.2) is 0 Å². The Labute approximate surface area is 97.0 Å². The molecule has 0 unspecified atom stereocenters. The quantitative estimate of drug-likeness (QED) is 0.430. The van der Waals surface area contributed by atoms with Crippen LogP contribution >= 0.6 is 11.8 Å². The van der Waals surface area contributed by atoms with Crippen molar-refractivity contribution in [1.82, 2.24) is 5.32 Å². The molecule has 0 bridgehead atoms. The SMILES string of the molecule is C=C(CNCCC)CSc1ccccc1. The van der Waals surface area contributed by atoms with Crippen LogP contribution in [0.25, 0.3) is 0 Å². The van der Waals surface area contributed by atoms with Gasteiger partial charge in [0.05, 0.1) is 0 Å². The summed E-state index contributed by atoms with van der Waals surface area (Å²) in [7, 11) is 0. The van der Waals surface area contributed by atoms with E-state index in [1.807, 2.05) is 17.8 Å². The van der Waals surface area contributed by atoms with Gasteiger partial charge in [0.2, 0.25) is 0 Å². The lowest BCUT2D eigenvalue weighted by atomic mass is 10.3. The molecular weight excluding hydrogens is 202 g/mol. The van der Waals surface area contributed by atoms with Crippen LogP contribution in [0.1, 0.15) is 13.3 Å². The van der Waals surface area contributed by atoms with Crippen molar-refractivity contribution in [3.8, 4) is 0 Å². The molecule has 15 heavy (non-hydrogen) atoms. The minimum Gasteiger partial charge on any atom is -0.313 e. The van der Waals surface area contributed by atoms with Crippen LogP contribution in [0, 0.1) is 0 Å². The van der Waals surface area contributed by atoms with Gasteiger partial charge in [-0.15, -0.1) is 11.8 Å². The van der Waals surface area contributed by atoms with Gasteiger partial charge in [0, 0.05) is 17.2 Å². The van der Waals surface area contributed by atoms with Crippen molar-refractivity contribution in [2.24, 2.45) is 0 Å². The van der Waals surface area contributed by atoms with E-state index in [0.717, 1.165) is 18.8 Å². The number of rotatable bonds is 7. The lowest BCUT2D eigenvalue weighted by Crippen LogP contribution is -2.18. The van der Waals surface area contributed by atoms with Gasteiger partial charge < -0.3 is 5.32 Å². The fourth-order valence-corrected chi connectivity index (χ4v) is 2.02. The van der Waals surface area contributed by atoms with Crippen molar-refractivity contribution in [2.75, 3.05) is 18.8 Å². The first-order valence-electron chi connectivity index (χ1n) is 5.38. The number of benzene rings is 1. The minimum absolute atomic E-state index is 0.938. The molecule has 82 valence electrons. The first kappa shape index (κ1) is 12.3. The third-order valence-electron chi connectivity index (χ3n) is 1.99. The minimum atomic E-state index is 0.938.